The molecule has 1 saturated heterocycles. The highest BCUT2D eigenvalue weighted by Crippen LogP contribution is 2.31. The van der Waals surface area contributed by atoms with Crippen LogP contribution in [0, 0.1) is 0 Å². The lowest BCUT2D eigenvalue weighted by Gasteiger charge is -2.42. The summed E-state index contributed by atoms with van der Waals surface area (Å²) in [5.41, 5.74) is -0.294. The van der Waals surface area contributed by atoms with Crippen LogP contribution in [0.25, 0.3) is 0 Å². The molecule has 0 aromatic carbocycles. The molecule has 0 amide bonds. The molecule has 5 heteroatoms. The van der Waals surface area contributed by atoms with Crippen LogP contribution in [0.5, 0.6) is 0 Å². The van der Waals surface area contributed by atoms with Gasteiger partial charge < -0.3 is 5.32 Å². The van der Waals surface area contributed by atoms with E-state index < -0.39 is 10.0 Å². The number of sulfonamides is 1. The lowest BCUT2D eigenvalue weighted by molar-refractivity contribution is 0.145. The third-order valence-corrected chi connectivity index (χ3v) is 6.01. The minimum Gasteiger partial charge on any atom is -0.314 e. The van der Waals surface area contributed by atoms with Crippen molar-refractivity contribution in [3.8, 4) is 0 Å². The highest BCUT2D eigenvalue weighted by Gasteiger charge is 2.42. The molecule has 1 aliphatic heterocycles. The molecule has 2 rings (SSSR count). The van der Waals surface area contributed by atoms with Crippen molar-refractivity contribution in [3.05, 3.63) is 0 Å². The monoisotopic (exact) mass is 260 g/mol. The van der Waals surface area contributed by atoms with Crippen LogP contribution in [0.3, 0.4) is 0 Å². The maximum atomic E-state index is 12.4. The van der Waals surface area contributed by atoms with E-state index in [9.17, 15) is 8.42 Å². The van der Waals surface area contributed by atoms with Gasteiger partial charge in [0.15, 0.2) is 0 Å². The summed E-state index contributed by atoms with van der Waals surface area (Å²) in [6.45, 7) is 5.41. The third-order valence-electron chi connectivity index (χ3n) is 3.90. The maximum absolute atomic E-state index is 12.4. The fourth-order valence-electron chi connectivity index (χ4n) is 3.19. The molecule has 1 saturated carbocycles. The zero-order valence-corrected chi connectivity index (χ0v) is 11.7. The van der Waals surface area contributed by atoms with E-state index in [2.05, 4.69) is 5.32 Å². The second-order valence-corrected chi connectivity index (χ2v) is 7.86. The van der Waals surface area contributed by atoms with E-state index >= 15 is 0 Å². The van der Waals surface area contributed by atoms with Gasteiger partial charge >= 0.3 is 0 Å². The zero-order chi connectivity index (χ0) is 12.5. The summed E-state index contributed by atoms with van der Waals surface area (Å²) >= 11 is 0. The molecule has 0 aromatic rings. The summed E-state index contributed by atoms with van der Waals surface area (Å²) < 4.78 is 26.6. The second kappa shape index (κ2) is 4.86. The fraction of sp³-hybridized carbons (Fsp3) is 1.00. The minimum atomic E-state index is -3.10. The van der Waals surface area contributed by atoms with E-state index in [1.807, 2.05) is 18.2 Å². The number of nitrogens with one attached hydrogen (secondary N) is 1. The van der Waals surface area contributed by atoms with Crippen LogP contribution in [0.15, 0.2) is 0 Å². The molecule has 1 aliphatic carbocycles. The van der Waals surface area contributed by atoms with Crippen molar-refractivity contribution in [2.75, 3.05) is 18.8 Å². The molecule has 4 nitrogen and oxygen atoms in total. The van der Waals surface area contributed by atoms with Gasteiger partial charge in [0.1, 0.15) is 0 Å². The Balaban J connectivity index is 2.29. The van der Waals surface area contributed by atoms with E-state index in [4.69, 9.17) is 0 Å². The van der Waals surface area contributed by atoms with Gasteiger partial charge in [-0.2, -0.15) is 4.31 Å². The second-order valence-electron chi connectivity index (χ2n) is 5.89. The number of hydrogen-bond acceptors (Lipinski definition) is 3. The smallest absolute Gasteiger partial charge is 0.216 e. The molecule has 1 N–H and O–H groups in total. The summed E-state index contributed by atoms with van der Waals surface area (Å²) in [6, 6.07) is 0.226. The fourth-order valence-corrected chi connectivity index (χ4v) is 5.27. The molecular formula is C12H24N2O2S. The summed E-state index contributed by atoms with van der Waals surface area (Å²) in [5.74, 6) is 0.243. The van der Waals surface area contributed by atoms with Crippen LogP contribution in [-0.2, 0) is 10.0 Å². The lowest BCUT2D eigenvalue weighted by Crippen LogP contribution is -2.55. The quantitative estimate of drug-likeness (QED) is 0.774. The summed E-state index contributed by atoms with van der Waals surface area (Å²) in [5, 5.41) is 3.24. The van der Waals surface area contributed by atoms with Crippen molar-refractivity contribution in [2.24, 2.45) is 0 Å². The molecule has 0 spiro atoms. The van der Waals surface area contributed by atoms with E-state index in [1.54, 1.807) is 0 Å². The van der Waals surface area contributed by atoms with Crippen LogP contribution >= 0.6 is 0 Å². The largest absolute Gasteiger partial charge is 0.314 e. The maximum Gasteiger partial charge on any atom is 0.216 e. The Labute approximate surface area is 105 Å². The van der Waals surface area contributed by atoms with E-state index in [0.29, 0.717) is 6.54 Å². The first-order valence-electron chi connectivity index (χ1n) is 6.66. The summed E-state index contributed by atoms with van der Waals surface area (Å²) in [6.07, 6.45) is 5.65. The number of hydrogen-bond donors (Lipinski definition) is 1. The molecule has 100 valence electrons. The molecule has 0 bridgehead atoms. The van der Waals surface area contributed by atoms with E-state index in [-0.39, 0.29) is 17.3 Å². The van der Waals surface area contributed by atoms with Gasteiger partial charge in [0.25, 0.3) is 0 Å². The normalized spacial score (nSPS) is 30.9. The molecule has 0 radical (unpaired) electrons. The topological polar surface area (TPSA) is 49.4 Å². The molecule has 0 atom stereocenters. The molecule has 0 aromatic heterocycles. The Bertz CT molecular complexity index is 359. The minimum absolute atomic E-state index is 0.226. The van der Waals surface area contributed by atoms with Crippen molar-refractivity contribution < 1.29 is 8.42 Å². The standard InChI is InChI=1S/C12H24N2O2S/c1-12(2)10-13-8-9-17(15,16)14(12)11-6-4-3-5-7-11/h11,13H,3-10H2,1-2H3. The van der Waals surface area contributed by atoms with Crippen LogP contribution in [-0.4, -0.2) is 43.1 Å². The van der Waals surface area contributed by atoms with E-state index in [1.165, 1.54) is 19.3 Å². The summed E-state index contributed by atoms with van der Waals surface area (Å²) in [4.78, 5) is 0. The third kappa shape index (κ3) is 2.83. The highest BCUT2D eigenvalue weighted by atomic mass is 32.2. The van der Waals surface area contributed by atoms with Gasteiger partial charge in [-0.3, -0.25) is 0 Å². The number of rotatable bonds is 1. The first-order chi connectivity index (χ1) is 7.93. The molecule has 2 aliphatic rings. The average Bonchev–Trinajstić information content (AvgIpc) is 2.35. The van der Waals surface area contributed by atoms with E-state index in [0.717, 1.165) is 19.4 Å². The van der Waals surface area contributed by atoms with Crippen molar-refractivity contribution in [1.29, 1.82) is 0 Å². The summed E-state index contributed by atoms with van der Waals surface area (Å²) in [7, 11) is -3.10. The van der Waals surface area contributed by atoms with Gasteiger partial charge in [0, 0.05) is 24.7 Å². The van der Waals surface area contributed by atoms with Crippen molar-refractivity contribution in [1.82, 2.24) is 9.62 Å². The van der Waals surface area contributed by atoms with Crippen molar-refractivity contribution in [3.63, 3.8) is 0 Å². The molecule has 1 heterocycles. The number of nitrogens with zero attached hydrogens (tertiary/aromatic N) is 1. The van der Waals surface area contributed by atoms with Crippen molar-refractivity contribution >= 4 is 10.0 Å². The molecule has 2 fully saturated rings. The highest BCUT2D eigenvalue weighted by molar-refractivity contribution is 7.89. The Morgan fingerprint density at radius 3 is 2.47 bits per heavy atom. The average molecular weight is 260 g/mol. The Morgan fingerprint density at radius 2 is 1.82 bits per heavy atom. The molecule has 17 heavy (non-hydrogen) atoms. The zero-order valence-electron chi connectivity index (χ0n) is 10.9. The molecular weight excluding hydrogens is 236 g/mol. The Hall–Kier alpha value is -0.130. The lowest BCUT2D eigenvalue weighted by atomic mass is 9.92. The Morgan fingerprint density at radius 1 is 1.18 bits per heavy atom. The Kier molecular flexibility index (Phi) is 3.80. The van der Waals surface area contributed by atoms with Crippen LogP contribution in [0.2, 0.25) is 0 Å². The van der Waals surface area contributed by atoms with Crippen LogP contribution < -0.4 is 5.32 Å². The SMILES string of the molecule is CC1(C)CNCCS(=O)(=O)N1C1CCCCC1. The van der Waals surface area contributed by atoms with Gasteiger partial charge in [0.05, 0.1) is 5.75 Å². The van der Waals surface area contributed by atoms with Crippen molar-refractivity contribution in [2.45, 2.75) is 57.5 Å². The van der Waals surface area contributed by atoms with Crippen LogP contribution in [0.4, 0.5) is 0 Å². The van der Waals surface area contributed by atoms with Gasteiger partial charge in [-0.25, -0.2) is 8.42 Å². The predicted molar refractivity (Wildman–Crippen MR) is 69.4 cm³/mol. The predicted octanol–water partition coefficient (Wildman–Crippen LogP) is 1.33. The van der Waals surface area contributed by atoms with Gasteiger partial charge in [-0.05, 0) is 26.7 Å². The first-order valence-corrected chi connectivity index (χ1v) is 8.27. The first kappa shape index (κ1) is 13.3. The van der Waals surface area contributed by atoms with Gasteiger partial charge in [0.2, 0.25) is 10.0 Å². The molecule has 0 unspecified atom stereocenters. The van der Waals surface area contributed by atoms with Gasteiger partial charge in [-0.1, -0.05) is 19.3 Å². The van der Waals surface area contributed by atoms with Gasteiger partial charge in [-0.15, -0.1) is 0 Å². The van der Waals surface area contributed by atoms with Crippen LogP contribution in [0.1, 0.15) is 46.0 Å².